The van der Waals surface area contributed by atoms with Gasteiger partial charge in [0.1, 0.15) is 0 Å². The summed E-state index contributed by atoms with van der Waals surface area (Å²) >= 11 is 0. The van der Waals surface area contributed by atoms with Gasteiger partial charge in [-0.2, -0.15) is 0 Å². The van der Waals surface area contributed by atoms with Crippen molar-refractivity contribution in [2.75, 3.05) is 27.4 Å². The first-order chi connectivity index (χ1) is 13.1. The molecule has 0 aliphatic heterocycles. The van der Waals surface area contributed by atoms with Crippen LogP contribution in [0.4, 0.5) is 0 Å². The van der Waals surface area contributed by atoms with Crippen LogP contribution in [0.5, 0.6) is 11.5 Å². The number of aromatic amines is 1. The second kappa shape index (κ2) is 8.14. The van der Waals surface area contributed by atoms with Crippen LogP contribution in [0.1, 0.15) is 22.8 Å². The summed E-state index contributed by atoms with van der Waals surface area (Å²) in [6, 6.07) is 11.4. The Labute approximate surface area is 158 Å². The summed E-state index contributed by atoms with van der Waals surface area (Å²) in [5.74, 6) is 1.15. The monoisotopic (exact) mass is 368 g/mol. The zero-order valence-electron chi connectivity index (χ0n) is 15.8. The Kier molecular flexibility index (Phi) is 5.66. The van der Waals surface area contributed by atoms with Crippen LogP contribution in [0, 0.1) is 0 Å². The van der Waals surface area contributed by atoms with Crippen molar-refractivity contribution in [1.82, 2.24) is 10.3 Å². The van der Waals surface area contributed by atoms with Crippen LogP contribution in [0.2, 0.25) is 0 Å². The van der Waals surface area contributed by atoms with E-state index in [1.54, 1.807) is 20.3 Å². The van der Waals surface area contributed by atoms with E-state index in [0.717, 1.165) is 34.1 Å². The van der Waals surface area contributed by atoms with E-state index in [9.17, 15) is 4.79 Å². The molecule has 0 unspecified atom stereocenters. The summed E-state index contributed by atoms with van der Waals surface area (Å²) < 4.78 is 10.7. The second-order valence-corrected chi connectivity index (χ2v) is 6.14. The first-order valence-electron chi connectivity index (χ1n) is 8.89. The molecule has 0 aliphatic carbocycles. The van der Waals surface area contributed by atoms with E-state index in [1.165, 1.54) is 0 Å². The number of aliphatic hydroxyl groups is 1. The summed E-state index contributed by atoms with van der Waals surface area (Å²) in [5, 5.41) is 12.6. The minimum Gasteiger partial charge on any atom is -0.493 e. The van der Waals surface area contributed by atoms with Crippen molar-refractivity contribution < 1.29 is 19.4 Å². The summed E-state index contributed by atoms with van der Waals surface area (Å²) in [6.07, 6.45) is 0.811. The lowest BCUT2D eigenvalue weighted by Crippen LogP contribution is -2.26. The van der Waals surface area contributed by atoms with Gasteiger partial charge in [-0.15, -0.1) is 0 Å². The SMILES string of the molecule is CCc1c(-c2ccc(OC)c(OC)c2)[nH]c2ccc(C(=O)NCCO)cc12. The summed E-state index contributed by atoms with van der Waals surface area (Å²) in [7, 11) is 3.23. The molecule has 142 valence electrons. The topological polar surface area (TPSA) is 83.6 Å². The number of rotatable bonds is 7. The van der Waals surface area contributed by atoms with Gasteiger partial charge < -0.3 is 24.9 Å². The maximum absolute atomic E-state index is 12.2. The molecule has 0 bridgehead atoms. The van der Waals surface area contributed by atoms with Crippen LogP contribution in [0.25, 0.3) is 22.2 Å². The van der Waals surface area contributed by atoms with Crippen molar-refractivity contribution in [2.45, 2.75) is 13.3 Å². The summed E-state index contributed by atoms with van der Waals surface area (Å²) in [4.78, 5) is 15.7. The van der Waals surface area contributed by atoms with Gasteiger partial charge in [-0.05, 0) is 48.4 Å². The highest BCUT2D eigenvalue weighted by molar-refractivity contribution is 6.00. The van der Waals surface area contributed by atoms with Crippen molar-refractivity contribution in [2.24, 2.45) is 0 Å². The molecule has 0 atom stereocenters. The standard InChI is InChI=1S/C21H24N2O4/c1-4-15-16-11-14(21(25)22-9-10-24)5-7-17(16)23-20(15)13-6-8-18(26-2)19(12-13)27-3/h5-8,11-12,23-24H,4,9-10H2,1-3H3,(H,22,25). The fourth-order valence-corrected chi connectivity index (χ4v) is 3.27. The smallest absolute Gasteiger partial charge is 0.251 e. The number of carbonyl (C=O) groups is 1. The molecule has 1 amide bonds. The average molecular weight is 368 g/mol. The Hall–Kier alpha value is -2.99. The van der Waals surface area contributed by atoms with Crippen LogP contribution in [-0.2, 0) is 6.42 Å². The molecule has 3 aromatic rings. The van der Waals surface area contributed by atoms with Gasteiger partial charge in [0.15, 0.2) is 11.5 Å². The quantitative estimate of drug-likeness (QED) is 0.598. The number of amides is 1. The van der Waals surface area contributed by atoms with Gasteiger partial charge in [0, 0.05) is 34.3 Å². The fraction of sp³-hybridized carbons (Fsp3) is 0.286. The number of methoxy groups -OCH3 is 2. The van der Waals surface area contributed by atoms with Gasteiger partial charge in [0.05, 0.1) is 20.8 Å². The molecule has 3 N–H and O–H groups in total. The lowest BCUT2D eigenvalue weighted by molar-refractivity contribution is 0.0945. The van der Waals surface area contributed by atoms with Crippen LogP contribution in [0.15, 0.2) is 36.4 Å². The number of aromatic nitrogens is 1. The van der Waals surface area contributed by atoms with Gasteiger partial charge in [0.25, 0.3) is 5.91 Å². The Morgan fingerprint density at radius 3 is 2.56 bits per heavy atom. The molecule has 0 aliphatic rings. The van der Waals surface area contributed by atoms with Crippen molar-refractivity contribution in [3.63, 3.8) is 0 Å². The fourth-order valence-electron chi connectivity index (χ4n) is 3.27. The van der Waals surface area contributed by atoms with Gasteiger partial charge >= 0.3 is 0 Å². The van der Waals surface area contributed by atoms with E-state index in [2.05, 4.69) is 17.2 Å². The largest absolute Gasteiger partial charge is 0.493 e. The maximum atomic E-state index is 12.2. The second-order valence-electron chi connectivity index (χ2n) is 6.14. The van der Waals surface area contributed by atoms with Crippen molar-refractivity contribution in [3.8, 4) is 22.8 Å². The summed E-state index contributed by atoms with van der Waals surface area (Å²) in [5.41, 5.74) is 4.67. The van der Waals surface area contributed by atoms with Gasteiger partial charge in [-0.25, -0.2) is 0 Å². The highest BCUT2D eigenvalue weighted by Crippen LogP contribution is 2.36. The van der Waals surface area contributed by atoms with Crippen molar-refractivity contribution in [3.05, 3.63) is 47.5 Å². The molecule has 0 radical (unpaired) electrons. The predicted octanol–water partition coefficient (Wildman–Crippen LogP) is 3.14. The molecular formula is C21H24N2O4. The average Bonchev–Trinajstić information content (AvgIpc) is 3.09. The van der Waals surface area contributed by atoms with Crippen molar-refractivity contribution >= 4 is 16.8 Å². The normalized spacial score (nSPS) is 10.8. The predicted molar refractivity (Wildman–Crippen MR) is 106 cm³/mol. The molecule has 2 aromatic carbocycles. The highest BCUT2D eigenvalue weighted by Gasteiger charge is 2.16. The molecule has 27 heavy (non-hydrogen) atoms. The first kappa shape index (κ1) is 18.8. The molecule has 6 heteroatoms. The van der Waals surface area contributed by atoms with Crippen LogP contribution < -0.4 is 14.8 Å². The number of fused-ring (bicyclic) bond motifs is 1. The van der Waals surface area contributed by atoms with Crippen LogP contribution >= 0.6 is 0 Å². The number of aliphatic hydroxyl groups excluding tert-OH is 1. The molecule has 1 aromatic heterocycles. The molecule has 3 rings (SSSR count). The van der Waals surface area contributed by atoms with Crippen LogP contribution in [0.3, 0.4) is 0 Å². The third-order valence-corrected chi connectivity index (χ3v) is 4.59. The Bertz CT molecular complexity index is 962. The molecule has 6 nitrogen and oxygen atoms in total. The third kappa shape index (κ3) is 3.61. The Morgan fingerprint density at radius 1 is 1.11 bits per heavy atom. The van der Waals surface area contributed by atoms with E-state index in [-0.39, 0.29) is 19.1 Å². The zero-order valence-corrected chi connectivity index (χ0v) is 15.8. The van der Waals surface area contributed by atoms with Crippen molar-refractivity contribution in [1.29, 1.82) is 0 Å². The lowest BCUT2D eigenvalue weighted by Gasteiger charge is -2.10. The first-order valence-corrected chi connectivity index (χ1v) is 8.89. The van der Waals surface area contributed by atoms with Crippen LogP contribution in [-0.4, -0.2) is 43.4 Å². The molecule has 0 spiro atoms. The summed E-state index contributed by atoms with van der Waals surface area (Å²) in [6.45, 7) is 2.24. The minimum absolute atomic E-state index is 0.0815. The number of hydrogen-bond donors (Lipinski definition) is 3. The molecule has 1 heterocycles. The number of ether oxygens (including phenoxy) is 2. The molecule has 0 fully saturated rings. The molecule has 0 saturated carbocycles. The number of benzene rings is 2. The minimum atomic E-state index is -0.193. The number of nitrogens with one attached hydrogen (secondary N) is 2. The van der Waals surface area contributed by atoms with Gasteiger partial charge in [0.2, 0.25) is 0 Å². The number of hydrogen-bond acceptors (Lipinski definition) is 4. The highest BCUT2D eigenvalue weighted by atomic mass is 16.5. The molecular weight excluding hydrogens is 344 g/mol. The number of carbonyl (C=O) groups excluding carboxylic acids is 1. The third-order valence-electron chi connectivity index (χ3n) is 4.59. The van der Waals surface area contributed by atoms with E-state index in [0.29, 0.717) is 17.1 Å². The van der Waals surface area contributed by atoms with Gasteiger partial charge in [-0.1, -0.05) is 6.92 Å². The Balaban J connectivity index is 2.08. The maximum Gasteiger partial charge on any atom is 0.251 e. The van der Waals surface area contributed by atoms with E-state index in [4.69, 9.17) is 14.6 Å². The van der Waals surface area contributed by atoms with E-state index >= 15 is 0 Å². The van der Waals surface area contributed by atoms with E-state index < -0.39 is 0 Å². The number of H-pyrrole nitrogens is 1. The zero-order chi connectivity index (χ0) is 19.4. The Morgan fingerprint density at radius 2 is 1.89 bits per heavy atom. The number of aryl methyl sites for hydroxylation is 1. The van der Waals surface area contributed by atoms with Gasteiger partial charge in [-0.3, -0.25) is 4.79 Å². The van der Waals surface area contributed by atoms with E-state index in [1.807, 2.05) is 30.3 Å². The lowest BCUT2D eigenvalue weighted by atomic mass is 10.0. The molecule has 0 saturated heterocycles.